The van der Waals surface area contributed by atoms with E-state index < -0.39 is 6.10 Å². The first-order valence-electron chi connectivity index (χ1n) is 7.19. The summed E-state index contributed by atoms with van der Waals surface area (Å²) in [5.74, 6) is 1.61. The minimum Gasteiger partial charge on any atom is -0.497 e. The van der Waals surface area contributed by atoms with Gasteiger partial charge in [-0.25, -0.2) is 0 Å². The van der Waals surface area contributed by atoms with Gasteiger partial charge in [0.15, 0.2) is 0 Å². The van der Waals surface area contributed by atoms with Gasteiger partial charge in [-0.2, -0.15) is 0 Å². The van der Waals surface area contributed by atoms with Gasteiger partial charge < -0.3 is 14.6 Å². The maximum Gasteiger partial charge on any atom is 0.128 e. The molecule has 1 unspecified atom stereocenters. The summed E-state index contributed by atoms with van der Waals surface area (Å²) in [5.41, 5.74) is 3.51. The molecule has 2 aromatic rings. The zero-order valence-corrected chi connectivity index (χ0v) is 12.4. The summed E-state index contributed by atoms with van der Waals surface area (Å²) in [6, 6.07) is 14.0. The van der Waals surface area contributed by atoms with E-state index in [1.807, 2.05) is 18.2 Å². The fourth-order valence-corrected chi connectivity index (χ4v) is 3.13. The molecule has 21 heavy (non-hydrogen) atoms. The van der Waals surface area contributed by atoms with Crippen molar-refractivity contribution in [1.29, 1.82) is 0 Å². The molecular weight excluding hydrogens is 264 g/mol. The van der Waals surface area contributed by atoms with Crippen LogP contribution in [0.15, 0.2) is 42.5 Å². The van der Waals surface area contributed by atoms with E-state index in [-0.39, 0.29) is 5.92 Å². The van der Waals surface area contributed by atoms with Crippen LogP contribution in [0.3, 0.4) is 0 Å². The molecule has 3 rings (SSSR count). The Morgan fingerprint density at radius 1 is 1.00 bits per heavy atom. The normalized spacial score (nSPS) is 15.6. The van der Waals surface area contributed by atoms with Crippen molar-refractivity contribution >= 4 is 0 Å². The molecule has 3 heteroatoms. The Bertz CT molecular complexity index is 611. The van der Waals surface area contributed by atoms with Gasteiger partial charge in [0, 0.05) is 11.6 Å². The number of rotatable bonds is 4. The lowest BCUT2D eigenvalue weighted by atomic mass is 9.92. The van der Waals surface area contributed by atoms with Crippen LogP contribution in [-0.4, -0.2) is 19.3 Å². The van der Waals surface area contributed by atoms with Gasteiger partial charge in [0.1, 0.15) is 11.5 Å². The van der Waals surface area contributed by atoms with E-state index in [9.17, 15) is 5.11 Å². The van der Waals surface area contributed by atoms with E-state index in [1.165, 1.54) is 11.1 Å². The lowest BCUT2D eigenvalue weighted by molar-refractivity contribution is 0.110. The Labute approximate surface area is 125 Å². The number of aliphatic hydroxyl groups is 1. The second-order valence-corrected chi connectivity index (χ2v) is 5.49. The van der Waals surface area contributed by atoms with Gasteiger partial charge in [-0.3, -0.25) is 0 Å². The molecule has 0 fully saturated rings. The molecule has 0 saturated carbocycles. The predicted molar refractivity (Wildman–Crippen MR) is 81.8 cm³/mol. The molecule has 1 aliphatic rings. The van der Waals surface area contributed by atoms with Crippen LogP contribution in [0.5, 0.6) is 11.5 Å². The van der Waals surface area contributed by atoms with Crippen molar-refractivity contribution in [3.05, 3.63) is 59.2 Å². The summed E-state index contributed by atoms with van der Waals surface area (Å²) in [7, 11) is 3.24. The summed E-state index contributed by atoms with van der Waals surface area (Å²) < 4.78 is 10.6. The molecule has 1 aliphatic carbocycles. The predicted octanol–water partition coefficient (Wildman–Crippen LogP) is 3.15. The fraction of sp³-hybridized carbons (Fsp3) is 0.333. The number of hydrogen-bond acceptors (Lipinski definition) is 3. The average Bonchev–Trinajstić information content (AvgIpc) is 2.97. The highest BCUT2D eigenvalue weighted by Gasteiger charge is 2.29. The molecule has 0 radical (unpaired) electrons. The third kappa shape index (κ3) is 2.61. The third-order valence-corrected chi connectivity index (χ3v) is 4.29. The SMILES string of the molecule is COc1ccc(C(O)C2Cc3ccccc3C2)c(OC)c1. The molecule has 0 amide bonds. The smallest absolute Gasteiger partial charge is 0.128 e. The maximum absolute atomic E-state index is 10.7. The second-order valence-electron chi connectivity index (χ2n) is 5.49. The zero-order valence-electron chi connectivity index (χ0n) is 12.4. The number of hydrogen-bond donors (Lipinski definition) is 1. The van der Waals surface area contributed by atoms with E-state index in [4.69, 9.17) is 9.47 Å². The highest BCUT2D eigenvalue weighted by molar-refractivity contribution is 5.43. The van der Waals surface area contributed by atoms with Gasteiger partial charge in [0.25, 0.3) is 0 Å². The van der Waals surface area contributed by atoms with Crippen molar-refractivity contribution in [2.75, 3.05) is 14.2 Å². The summed E-state index contributed by atoms with van der Waals surface area (Å²) in [6.07, 6.45) is 1.29. The Balaban J connectivity index is 1.85. The molecule has 3 nitrogen and oxygen atoms in total. The largest absolute Gasteiger partial charge is 0.497 e. The Morgan fingerprint density at radius 3 is 2.24 bits per heavy atom. The van der Waals surface area contributed by atoms with Gasteiger partial charge in [0.05, 0.1) is 20.3 Å². The highest BCUT2D eigenvalue weighted by atomic mass is 16.5. The van der Waals surface area contributed by atoms with E-state index in [0.717, 1.165) is 24.2 Å². The number of methoxy groups -OCH3 is 2. The minimum atomic E-state index is -0.529. The third-order valence-electron chi connectivity index (χ3n) is 4.29. The van der Waals surface area contributed by atoms with Crippen LogP contribution < -0.4 is 9.47 Å². The van der Waals surface area contributed by atoms with Crippen molar-refractivity contribution in [2.45, 2.75) is 18.9 Å². The van der Waals surface area contributed by atoms with Gasteiger partial charge >= 0.3 is 0 Å². The number of ether oxygens (including phenoxy) is 2. The zero-order chi connectivity index (χ0) is 14.8. The van der Waals surface area contributed by atoms with Gasteiger partial charge in [-0.15, -0.1) is 0 Å². The van der Waals surface area contributed by atoms with E-state index in [2.05, 4.69) is 24.3 Å². The molecule has 0 aliphatic heterocycles. The Morgan fingerprint density at radius 2 is 1.67 bits per heavy atom. The maximum atomic E-state index is 10.7. The summed E-state index contributed by atoms with van der Waals surface area (Å²) in [6.45, 7) is 0. The summed E-state index contributed by atoms with van der Waals surface area (Å²) >= 11 is 0. The van der Waals surface area contributed by atoms with Crippen molar-refractivity contribution < 1.29 is 14.6 Å². The Kier molecular flexibility index (Phi) is 3.84. The van der Waals surface area contributed by atoms with Crippen molar-refractivity contribution in [2.24, 2.45) is 5.92 Å². The molecule has 1 atom stereocenters. The molecule has 110 valence electrons. The quantitative estimate of drug-likeness (QED) is 0.937. The van der Waals surface area contributed by atoms with Crippen LogP contribution in [0.1, 0.15) is 22.8 Å². The van der Waals surface area contributed by atoms with E-state index in [0.29, 0.717) is 5.75 Å². The number of benzene rings is 2. The minimum absolute atomic E-state index is 0.199. The molecule has 1 N–H and O–H groups in total. The highest BCUT2D eigenvalue weighted by Crippen LogP contribution is 2.39. The standard InChI is InChI=1S/C18H20O3/c1-20-15-7-8-16(17(11-15)21-2)18(19)14-9-12-5-3-4-6-13(12)10-14/h3-8,11,14,18-19H,9-10H2,1-2H3. The van der Waals surface area contributed by atoms with Crippen LogP contribution >= 0.6 is 0 Å². The molecular formula is C18H20O3. The first-order chi connectivity index (χ1) is 10.2. The summed E-state index contributed by atoms with van der Waals surface area (Å²) in [5, 5.41) is 10.7. The van der Waals surface area contributed by atoms with Crippen molar-refractivity contribution in [3.8, 4) is 11.5 Å². The van der Waals surface area contributed by atoms with Gasteiger partial charge in [0.2, 0.25) is 0 Å². The lowest BCUT2D eigenvalue weighted by Crippen LogP contribution is -2.14. The van der Waals surface area contributed by atoms with Crippen LogP contribution in [0.4, 0.5) is 0 Å². The molecule has 2 aromatic carbocycles. The second kappa shape index (κ2) is 5.78. The first-order valence-corrected chi connectivity index (χ1v) is 7.19. The molecule has 0 heterocycles. The number of aliphatic hydroxyl groups excluding tert-OH is 1. The fourth-order valence-electron chi connectivity index (χ4n) is 3.13. The summed E-state index contributed by atoms with van der Waals surface area (Å²) in [4.78, 5) is 0. The van der Waals surface area contributed by atoms with E-state index in [1.54, 1.807) is 14.2 Å². The van der Waals surface area contributed by atoms with Crippen molar-refractivity contribution in [3.63, 3.8) is 0 Å². The molecule has 0 aromatic heterocycles. The van der Waals surface area contributed by atoms with Crippen LogP contribution in [0.2, 0.25) is 0 Å². The van der Waals surface area contributed by atoms with Crippen LogP contribution in [0.25, 0.3) is 0 Å². The van der Waals surface area contributed by atoms with E-state index >= 15 is 0 Å². The monoisotopic (exact) mass is 284 g/mol. The van der Waals surface area contributed by atoms with Crippen molar-refractivity contribution in [1.82, 2.24) is 0 Å². The molecule has 0 saturated heterocycles. The van der Waals surface area contributed by atoms with Crippen LogP contribution in [-0.2, 0) is 12.8 Å². The van der Waals surface area contributed by atoms with Gasteiger partial charge in [-0.05, 0) is 42.0 Å². The lowest BCUT2D eigenvalue weighted by Gasteiger charge is -2.21. The van der Waals surface area contributed by atoms with Gasteiger partial charge in [-0.1, -0.05) is 24.3 Å². The van der Waals surface area contributed by atoms with Crippen LogP contribution in [0, 0.1) is 5.92 Å². The number of fused-ring (bicyclic) bond motifs is 1. The average molecular weight is 284 g/mol. The molecule has 0 spiro atoms. The molecule has 0 bridgehead atoms. The topological polar surface area (TPSA) is 38.7 Å². The first kappa shape index (κ1) is 14.0. The Hall–Kier alpha value is -2.00.